The molecule has 7 nitrogen and oxygen atoms in total. The average Bonchev–Trinajstić information content (AvgIpc) is 3.98. The summed E-state index contributed by atoms with van der Waals surface area (Å²) in [6.07, 6.45) is 25.0. The molecule has 2 heterocycles. The molecule has 0 aliphatic carbocycles. The lowest BCUT2D eigenvalue weighted by Crippen LogP contribution is -2.28. The first-order chi connectivity index (χ1) is 22.6. The summed E-state index contributed by atoms with van der Waals surface area (Å²) in [6.45, 7) is 3.53. The van der Waals surface area contributed by atoms with E-state index in [9.17, 15) is 14.7 Å². The number of esters is 2. The average molecular weight is 629 g/mol. The van der Waals surface area contributed by atoms with Crippen LogP contribution in [-0.2, 0) is 28.5 Å². The molecule has 2 aliphatic rings. The fourth-order valence-electron chi connectivity index (χ4n) is 4.02. The van der Waals surface area contributed by atoms with Crippen molar-refractivity contribution >= 4 is 11.9 Å². The molecular weight excluding hydrogens is 580 g/mol. The molecular formula is C39H48O7. The molecule has 0 aromatic carbocycles. The molecule has 46 heavy (non-hydrogen) atoms. The molecule has 0 radical (unpaired) electrons. The summed E-state index contributed by atoms with van der Waals surface area (Å²) in [7, 11) is 0. The zero-order valence-electron chi connectivity index (χ0n) is 27.3. The van der Waals surface area contributed by atoms with Crippen LogP contribution in [0.1, 0.15) is 90.9 Å². The second-order valence-electron chi connectivity index (χ2n) is 10.7. The zero-order valence-corrected chi connectivity index (χ0v) is 27.3. The van der Waals surface area contributed by atoms with Crippen molar-refractivity contribution in [2.45, 2.75) is 121 Å². The van der Waals surface area contributed by atoms with Gasteiger partial charge < -0.3 is 24.1 Å². The largest absolute Gasteiger partial charge is 0.462 e. The van der Waals surface area contributed by atoms with Gasteiger partial charge in [-0.15, -0.1) is 0 Å². The highest BCUT2D eigenvalue weighted by molar-refractivity contribution is 5.70. The Morgan fingerprint density at radius 2 is 1.24 bits per heavy atom. The van der Waals surface area contributed by atoms with Gasteiger partial charge in [0.15, 0.2) is 6.10 Å². The predicted octanol–water partition coefficient (Wildman–Crippen LogP) is 5.93. The Morgan fingerprint density at radius 3 is 1.74 bits per heavy atom. The monoisotopic (exact) mass is 628 g/mol. The first kappa shape index (κ1) is 38.2. The van der Waals surface area contributed by atoms with Gasteiger partial charge in [0.2, 0.25) is 0 Å². The van der Waals surface area contributed by atoms with E-state index < -0.39 is 24.6 Å². The number of ether oxygens (including phenoxy) is 4. The van der Waals surface area contributed by atoms with E-state index >= 15 is 0 Å². The third-order valence-corrected chi connectivity index (χ3v) is 6.69. The quantitative estimate of drug-likeness (QED) is 0.0587. The van der Waals surface area contributed by atoms with Crippen molar-refractivity contribution in [2.75, 3.05) is 13.2 Å². The van der Waals surface area contributed by atoms with Gasteiger partial charge in [-0.3, -0.25) is 9.59 Å². The highest BCUT2D eigenvalue weighted by Gasteiger charge is 2.36. The number of carbonyl (C=O) groups is 2. The minimum atomic E-state index is -0.936. The lowest BCUT2D eigenvalue weighted by molar-refractivity contribution is -0.161. The first-order valence-electron chi connectivity index (χ1n) is 16.4. The van der Waals surface area contributed by atoms with E-state index in [0.29, 0.717) is 0 Å². The number of hydrogen-bond donors (Lipinski definition) is 1. The van der Waals surface area contributed by atoms with Crippen LogP contribution < -0.4 is 0 Å². The minimum absolute atomic E-state index is 0.0419. The number of allylic oxidation sites excluding steroid dienone is 8. The van der Waals surface area contributed by atoms with Gasteiger partial charge in [-0.05, 0) is 75.0 Å². The Hall–Kier alpha value is -3.98. The summed E-state index contributed by atoms with van der Waals surface area (Å²) >= 11 is 0. The maximum absolute atomic E-state index is 12.1. The number of epoxide rings is 2. The van der Waals surface area contributed by atoms with E-state index in [0.717, 1.165) is 51.4 Å². The van der Waals surface area contributed by atoms with E-state index in [4.69, 9.17) is 18.9 Å². The van der Waals surface area contributed by atoms with E-state index in [-0.39, 0.29) is 56.7 Å². The maximum Gasteiger partial charge on any atom is 0.307 e. The molecule has 246 valence electrons. The molecule has 2 fully saturated rings. The molecule has 5 unspecified atom stereocenters. The molecule has 0 amide bonds. The number of hydrogen-bond acceptors (Lipinski definition) is 7. The van der Waals surface area contributed by atoms with Crippen LogP contribution in [0.4, 0.5) is 0 Å². The van der Waals surface area contributed by atoms with Crippen LogP contribution in [0.15, 0.2) is 48.6 Å². The normalized spacial score (nSPS) is 20.2. The van der Waals surface area contributed by atoms with Crippen molar-refractivity contribution in [1.29, 1.82) is 0 Å². The van der Waals surface area contributed by atoms with Crippen LogP contribution in [0.25, 0.3) is 0 Å². The van der Waals surface area contributed by atoms with Gasteiger partial charge in [-0.2, -0.15) is 0 Å². The summed E-state index contributed by atoms with van der Waals surface area (Å²) in [5, 5.41) is 9.48. The van der Waals surface area contributed by atoms with Crippen molar-refractivity contribution in [2.24, 2.45) is 0 Å². The SMILES string of the molecule is CCC=CC=CCCCC1OC1C#CC#CCCC(=O)OCC(CO)OC(=O)CCC#CC#CC1OC1CCCC=CC=CCC. The highest BCUT2D eigenvalue weighted by atomic mass is 16.6. The van der Waals surface area contributed by atoms with Gasteiger partial charge in [0.05, 0.1) is 31.7 Å². The predicted molar refractivity (Wildman–Crippen MR) is 180 cm³/mol. The van der Waals surface area contributed by atoms with E-state index in [2.05, 4.69) is 110 Å². The zero-order chi connectivity index (χ0) is 33.1. The van der Waals surface area contributed by atoms with E-state index in [1.165, 1.54) is 0 Å². The molecule has 2 rings (SSSR count). The van der Waals surface area contributed by atoms with Crippen molar-refractivity contribution in [3.63, 3.8) is 0 Å². The molecule has 2 aliphatic heterocycles. The number of unbranched alkanes of at least 4 members (excludes halogenated alkanes) is 2. The molecule has 0 aromatic heterocycles. The second kappa shape index (κ2) is 25.2. The summed E-state index contributed by atoms with van der Waals surface area (Å²) < 4.78 is 21.4. The Kier molecular flexibility index (Phi) is 21.0. The van der Waals surface area contributed by atoms with Crippen LogP contribution in [-0.4, -0.2) is 60.8 Å². The minimum Gasteiger partial charge on any atom is -0.462 e. The van der Waals surface area contributed by atoms with Gasteiger partial charge in [0.1, 0.15) is 18.8 Å². The van der Waals surface area contributed by atoms with Crippen molar-refractivity contribution in [1.82, 2.24) is 0 Å². The van der Waals surface area contributed by atoms with Crippen LogP contribution in [0.2, 0.25) is 0 Å². The van der Waals surface area contributed by atoms with E-state index in [1.807, 2.05) is 0 Å². The van der Waals surface area contributed by atoms with Crippen LogP contribution in [0.3, 0.4) is 0 Å². The summed E-state index contributed by atoms with van der Waals surface area (Å²) in [4.78, 5) is 24.0. The topological polar surface area (TPSA) is 97.9 Å². The number of rotatable bonds is 20. The molecule has 2 saturated heterocycles. The van der Waals surface area contributed by atoms with Crippen molar-refractivity contribution < 1.29 is 33.6 Å². The molecule has 0 bridgehead atoms. The van der Waals surface area contributed by atoms with Crippen molar-refractivity contribution in [3.05, 3.63) is 48.6 Å². The summed E-state index contributed by atoms with van der Waals surface area (Å²) in [5.41, 5.74) is 0. The number of aliphatic hydroxyl groups excluding tert-OH is 1. The molecule has 0 aromatic rings. The van der Waals surface area contributed by atoms with Crippen molar-refractivity contribution in [3.8, 4) is 47.4 Å². The van der Waals surface area contributed by atoms with Crippen LogP contribution >= 0.6 is 0 Å². The summed E-state index contributed by atoms with van der Waals surface area (Å²) in [5.74, 6) is 21.6. The first-order valence-corrected chi connectivity index (χ1v) is 16.4. The third kappa shape index (κ3) is 20.1. The van der Waals surface area contributed by atoms with Gasteiger partial charge >= 0.3 is 11.9 Å². The Balaban J connectivity index is 1.49. The molecule has 1 N–H and O–H groups in total. The Morgan fingerprint density at radius 1 is 0.739 bits per heavy atom. The molecule has 5 atom stereocenters. The second-order valence-corrected chi connectivity index (χ2v) is 10.7. The fourth-order valence-corrected chi connectivity index (χ4v) is 4.02. The molecule has 0 spiro atoms. The van der Waals surface area contributed by atoms with Crippen LogP contribution in [0.5, 0.6) is 0 Å². The molecule has 7 heteroatoms. The smallest absolute Gasteiger partial charge is 0.307 e. The fraction of sp³-hybridized carbons (Fsp3) is 0.538. The number of carbonyl (C=O) groups excluding carboxylic acids is 2. The van der Waals surface area contributed by atoms with Crippen LogP contribution in [0, 0.1) is 47.4 Å². The number of aliphatic hydroxyl groups is 1. The van der Waals surface area contributed by atoms with Gasteiger partial charge in [0.25, 0.3) is 0 Å². The highest BCUT2D eigenvalue weighted by Crippen LogP contribution is 2.27. The van der Waals surface area contributed by atoms with Gasteiger partial charge in [-0.1, -0.05) is 86.1 Å². The Labute approximate surface area is 275 Å². The lowest BCUT2D eigenvalue weighted by atomic mass is 10.1. The van der Waals surface area contributed by atoms with E-state index in [1.54, 1.807) is 0 Å². The van der Waals surface area contributed by atoms with Gasteiger partial charge in [-0.25, -0.2) is 0 Å². The maximum atomic E-state index is 12.1. The lowest BCUT2D eigenvalue weighted by Gasteiger charge is -2.15. The standard InChI is InChI=1S/C39H48O7/c1-3-5-7-9-11-13-19-25-34-36(45-34)27-21-15-17-23-29-38(41)43-32-33(31-40)44-39(42)30-24-18-16-22-28-37-35(46-37)26-20-14-12-10-8-6-4-2/h5-12,33-37,40H,3-4,13-14,19-20,23-26,29-32H2,1-2H3. The summed E-state index contributed by atoms with van der Waals surface area (Å²) in [6, 6.07) is 0. The molecule has 0 saturated carbocycles. The third-order valence-electron chi connectivity index (χ3n) is 6.69. The van der Waals surface area contributed by atoms with Gasteiger partial charge in [0, 0.05) is 12.8 Å². The Bertz CT molecular complexity index is 1290.